The largest absolute Gasteiger partial charge is 0.741 e. The van der Waals surface area contributed by atoms with Crippen LogP contribution in [0.1, 0.15) is 41.5 Å². The topological polar surface area (TPSA) is 114 Å². The van der Waals surface area contributed by atoms with E-state index in [0.717, 1.165) is 0 Å². The minimum absolute atomic E-state index is 0.141. The van der Waals surface area contributed by atoms with Gasteiger partial charge in [-0.2, -0.15) is 26.3 Å². The van der Waals surface area contributed by atoms with E-state index in [1.54, 1.807) is 5.90 Å². The molecule has 0 saturated heterocycles. The molecule has 29 heavy (non-hydrogen) atoms. The van der Waals surface area contributed by atoms with Gasteiger partial charge in [-0.05, 0) is 41.5 Å². The standard InChI is InChI=1S/C11H26P2.2CHF3O3S/c1-10(2,3)12(7)9-13(8)11(4,5)6;2*2-1(3,4)8(5,6)7/h9H2,1-8H3;2*(H,5,6,7). The third-order valence-electron chi connectivity index (χ3n) is 3.66. The van der Waals surface area contributed by atoms with E-state index in [-0.39, 0.29) is 15.8 Å². The number of alkyl halides is 6. The first-order chi connectivity index (χ1) is 12.0. The van der Waals surface area contributed by atoms with Gasteiger partial charge in [-0.25, -0.2) is 16.8 Å². The summed E-state index contributed by atoms with van der Waals surface area (Å²) < 4.78 is 118. The molecule has 2 unspecified atom stereocenters. The third kappa shape index (κ3) is 16.6. The van der Waals surface area contributed by atoms with Crippen molar-refractivity contribution in [3.05, 3.63) is 0 Å². The Morgan fingerprint density at radius 2 is 0.759 bits per heavy atom. The maximum absolute atomic E-state index is 10.7. The second-order valence-corrected chi connectivity index (χ2v) is 18.3. The van der Waals surface area contributed by atoms with Crippen molar-refractivity contribution < 1.29 is 52.3 Å². The second kappa shape index (κ2) is 11.2. The minimum atomic E-state index is -6.09. The molecule has 0 saturated carbocycles. The van der Waals surface area contributed by atoms with Gasteiger partial charge in [0.1, 0.15) is 0 Å². The summed E-state index contributed by atoms with van der Waals surface area (Å²) in [6.07, 6.45) is 0. The molecule has 0 amide bonds. The van der Waals surface area contributed by atoms with E-state index in [1.807, 2.05) is 0 Å². The van der Waals surface area contributed by atoms with Crippen LogP contribution >= 0.6 is 15.8 Å². The van der Waals surface area contributed by atoms with Gasteiger partial charge in [0.2, 0.25) is 0 Å². The Labute approximate surface area is 170 Å². The van der Waals surface area contributed by atoms with Crippen LogP contribution in [0.25, 0.3) is 0 Å². The van der Waals surface area contributed by atoms with Crippen molar-refractivity contribution in [1.82, 2.24) is 0 Å². The number of halogens is 6. The molecule has 0 fully saturated rings. The monoisotopic (exact) mass is 520 g/mol. The fourth-order valence-corrected chi connectivity index (χ4v) is 8.35. The molecule has 0 aliphatic heterocycles. The first-order valence-electron chi connectivity index (χ1n) is 7.75. The fraction of sp³-hybridized carbons (Fsp3) is 1.00. The van der Waals surface area contributed by atoms with Crippen LogP contribution in [0.5, 0.6) is 0 Å². The molecule has 0 aliphatic rings. The Kier molecular flexibility index (Phi) is 13.1. The Bertz CT molecular complexity index is 631. The average Bonchev–Trinajstić information content (AvgIpc) is 2.32. The Morgan fingerprint density at radius 1 is 0.621 bits per heavy atom. The third-order valence-corrected chi connectivity index (χ3v) is 14.2. The van der Waals surface area contributed by atoms with Crippen molar-refractivity contribution in [1.29, 1.82) is 0 Å². The predicted molar refractivity (Wildman–Crippen MR) is 104 cm³/mol. The van der Waals surface area contributed by atoms with E-state index in [1.165, 1.54) is 0 Å². The lowest BCUT2D eigenvalue weighted by Crippen LogP contribution is -2.21. The van der Waals surface area contributed by atoms with Gasteiger partial charge in [0.25, 0.3) is 0 Å². The summed E-state index contributed by atoms with van der Waals surface area (Å²) in [6.45, 7) is 19.4. The van der Waals surface area contributed by atoms with Crippen molar-refractivity contribution >= 4 is 36.1 Å². The lowest BCUT2D eigenvalue weighted by molar-refractivity contribution is -0.0522. The van der Waals surface area contributed by atoms with Gasteiger partial charge in [-0.3, -0.25) is 0 Å². The zero-order valence-corrected chi connectivity index (χ0v) is 20.9. The van der Waals surface area contributed by atoms with Crippen LogP contribution in [0.2, 0.25) is 0 Å². The molecule has 0 heterocycles. The van der Waals surface area contributed by atoms with E-state index in [2.05, 4.69) is 54.9 Å². The van der Waals surface area contributed by atoms with E-state index in [9.17, 15) is 26.3 Å². The molecule has 0 spiro atoms. The second-order valence-electron chi connectivity index (χ2n) is 8.04. The van der Waals surface area contributed by atoms with Gasteiger partial charge in [0.15, 0.2) is 26.1 Å². The normalized spacial score (nSPS) is 16.0. The fourth-order valence-electron chi connectivity index (χ4n) is 0.928. The highest BCUT2D eigenvalue weighted by atomic mass is 32.2. The highest BCUT2D eigenvalue weighted by Crippen LogP contribution is 2.59. The maximum atomic E-state index is 10.7. The predicted octanol–water partition coefficient (Wildman–Crippen LogP) is 4.33. The Balaban J connectivity index is -0.000000368. The molecule has 6 nitrogen and oxygen atoms in total. The lowest BCUT2D eigenvalue weighted by atomic mass is 10.3. The smallest absolute Gasteiger partial charge is 0.485 e. The van der Waals surface area contributed by atoms with E-state index >= 15 is 0 Å². The maximum Gasteiger partial charge on any atom is 0.485 e. The Morgan fingerprint density at radius 3 is 0.828 bits per heavy atom. The van der Waals surface area contributed by atoms with Gasteiger partial charge in [-0.15, -0.1) is 0 Å². The minimum Gasteiger partial charge on any atom is -0.741 e. The summed E-state index contributed by atoms with van der Waals surface area (Å²) >= 11 is 0. The highest BCUT2D eigenvalue weighted by Gasteiger charge is 2.38. The van der Waals surface area contributed by atoms with Crippen LogP contribution in [-0.4, -0.2) is 66.5 Å². The highest BCUT2D eigenvalue weighted by molar-refractivity contribution is 7.86. The molecule has 0 bridgehead atoms. The first-order valence-corrected chi connectivity index (χ1v) is 15.0. The molecular formula is C13H28F6O6P2S2. The molecule has 0 aromatic rings. The van der Waals surface area contributed by atoms with Crippen molar-refractivity contribution in [2.75, 3.05) is 19.2 Å². The molecule has 0 radical (unpaired) electrons. The van der Waals surface area contributed by atoms with Crippen molar-refractivity contribution in [2.24, 2.45) is 0 Å². The van der Waals surface area contributed by atoms with Gasteiger partial charge < -0.3 is 9.11 Å². The summed E-state index contributed by atoms with van der Waals surface area (Å²) in [5.74, 6) is 1.54. The molecule has 180 valence electrons. The Hall–Kier alpha value is 0.260. The lowest BCUT2D eigenvalue weighted by Gasteiger charge is -2.25. The van der Waals surface area contributed by atoms with E-state index in [4.69, 9.17) is 25.9 Å². The SMILES string of the molecule is C[PH+](C[PH+](C)C(C)(C)C)C(C)(C)C.O=S(=O)([O-])C(F)(F)F.O=S(=O)([O-])C(F)(F)F. The molecule has 0 aromatic carbocycles. The van der Waals surface area contributed by atoms with Crippen LogP contribution in [0.4, 0.5) is 26.3 Å². The molecule has 0 rings (SSSR count). The summed E-state index contributed by atoms with van der Waals surface area (Å²) in [5, 5.41) is 1.17. The van der Waals surface area contributed by atoms with Gasteiger partial charge >= 0.3 is 11.0 Å². The number of hydrogen-bond donors (Lipinski definition) is 0. The molecule has 0 aromatic heterocycles. The van der Waals surface area contributed by atoms with Crippen LogP contribution < -0.4 is 0 Å². The quantitative estimate of drug-likeness (QED) is 0.232. The van der Waals surface area contributed by atoms with Crippen molar-refractivity contribution in [2.45, 2.75) is 62.9 Å². The van der Waals surface area contributed by atoms with E-state index in [0.29, 0.717) is 10.3 Å². The zero-order chi connectivity index (χ0) is 24.9. The number of rotatable bonds is 2. The molecular weight excluding hydrogens is 492 g/mol. The molecule has 0 aliphatic carbocycles. The summed E-state index contributed by atoms with van der Waals surface area (Å²) in [7, 11) is -12.5. The van der Waals surface area contributed by atoms with E-state index < -0.39 is 31.3 Å². The van der Waals surface area contributed by atoms with Crippen LogP contribution in [0.15, 0.2) is 0 Å². The summed E-state index contributed by atoms with van der Waals surface area (Å²) in [6, 6.07) is 0. The van der Waals surface area contributed by atoms with Gasteiger partial charge in [0, 0.05) is 15.8 Å². The van der Waals surface area contributed by atoms with Crippen LogP contribution in [-0.2, 0) is 20.2 Å². The number of hydrogen-bond acceptors (Lipinski definition) is 6. The first kappa shape index (κ1) is 33.9. The van der Waals surface area contributed by atoms with Crippen molar-refractivity contribution in [3.63, 3.8) is 0 Å². The summed E-state index contributed by atoms with van der Waals surface area (Å²) in [4.78, 5) is 0. The molecule has 0 N–H and O–H groups in total. The van der Waals surface area contributed by atoms with Gasteiger partial charge in [0.05, 0.1) is 23.6 Å². The zero-order valence-electron chi connectivity index (χ0n) is 17.2. The van der Waals surface area contributed by atoms with Crippen molar-refractivity contribution in [3.8, 4) is 0 Å². The summed E-state index contributed by atoms with van der Waals surface area (Å²) in [5.41, 5.74) is -11.3. The van der Waals surface area contributed by atoms with Crippen LogP contribution in [0.3, 0.4) is 0 Å². The van der Waals surface area contributed by atoms with Gasteiger partial charge in [-0.1, -0.05) is 0 Å². The van der Waals surface area contributed by atoms with Crippen LogP contribution in [0, 0.1) is 0 Å². The molecule has 2 atom stereocenters. The molecule has 16 heteroatoms. The average molecular weight is 520 g/mol.